The smallest absolute Gasteiger partial charge is 0.240 e. The highest BCUT2D eigenvalue weighted by Gasteiger charge is 2.18. The molecule has 1 aliphatic carbocycles. The van der Waals surface area contributed by atoms with Crippen LogP contribution in [0.2, 0.25) is 0 Å². The van der Waals surface area contributed by atoms with Gasteiger partial charge in [-0.1, -0.05) is 24.3 Å². The Labute approximate surface area is 153 Å². The van der Waals surface area contributed by atoms with Crippen molar-refractivity contribution in [3.63, 3.8) is 0 Å². The van der Waals surface area contributed by atoms with Gasteiger partial charge in [-0.25, -0.2) is 17.8 Å². The van der Waals surface area contributed by atoms with Gasteiger partial charge in [0, 0.05) is 6.20 Å². The molecule has 2 aromatic carbocycles. The van der Waals surface area contributed by atoms with Gasteiger partial charge in [0.1, 0.15) is 0 Å². The second-order valence-electron chi connectivity index (χ2n) is 6.55. The minimum atomic E-state index is -3.55. The van der Waals surface area contributed by atoms with Crippen LogP contribution in [0.5, 0.6) is 0 Å². The molecule has 5 nitrogen and oxygen atoms in total. The first kappa shape index (κ1) is 17.0. The van der Waals surface area contributed by atoms with Gasteiger partial charge in [-0.3, -0.25) is 0 Å². The number of para-hydroxylation sites is 1. The topological polar surface area (TPSA) is 64.0 Å². The number of fused-ring (bicyclic) bond motifs is 1. The molecule has 0 radical (unpaired) electrons. The highest BCUT2D eigenvalue weighted by molar-refractivity contribution is 7.89. The molecule has 0 saturated heterocycles. The standard InChI is InChI=1S/C20H21N3O2S/c24-26(25,20-11-10-16-6-4-5-7-17(16)14-20)21-15-18-12-13-23(22-18)19-8-2-1-3-9-19/h1-3,8-14,21H,4-7,15H2. The Bertz CT molecular complexity index is 1010. The fourth-order valence-corrected chi connectivity index (χ4v) is 4.36. The van der Waals surface area contributed by atoms with E-state index in [0.29, 0.717) is 10.6 Å². The van der Waals surface area contributed by atoms with E-state index in [2.05, 4.69) is 9.82 Å². The number of rotatable bonds is 5. The molecule has 0 aliphatic heterocycles. The Balaban J connectivity index is 1.48. The third-order valence-electron chi connectivity index (χ3n) is 4.74. The van der Waals surface area contributed by atoms with Gasteiger partial charge < -0.3 is 0 Å². The van der Waals surface area contributed by atoms with Crippen molar-refractivity contribution in [1.29, 1.82) is 0 Å². The molecule has 3 aromatic rings. The maximum atomic E-state index is 12.6. The fourth-order valence-electron chi connectivity index (χ4n) is 3.31. The lowest BCUT2D eigenvalue weighted by Crippen LogP contribution is -2.24. The second kappa shape index (κ2) is 7.05. The molecule has 1 aliphatic rings. The minimum Gasteiger partial charge on any atom is -0.241 e. The summed E-state index contributed by atoms with van der Waals surface area (Å²) in [6, 6.07) is 17.0. The lowest BCUT2D eigenvalue weighted by molar-refractivity contribution is 0.579. The summed E-state index contributed by atoms with van der Waals surface area (Å²) in [7, 11) is -3.55. The van der Waals surface area contributed by atoms with Crippen molar-refractivity contribution < 1.29 is 8.42 Å². The molecule has 0 fully saturated rings. The predicted octanol–water partition coefficient (Wildman–Crippen LogP) is 3.23. The van der Waals surface area contributed by atoms with Crippen LogP contribution in [0.4, 0.5) is 0 Å². The van der Waals surface area contributed by atoms with Gasteiger partial charge in [0.05, 0.1) is 22.8 Å². The number of hydrogen-bond acceptors (Lipinski definition) is 3. The zero-order valence-corrected chi connectivity index (χ0v) is 15.2. The van der Waals surface area contributed by atoms with Crippen LogP contribution >= 0.6 is 0 Å². The Morgan fingerprint density at radius 1 is 0.962 bits per heavy atom. The van der Waals surface area contributed by atoms with Gasteiger partial charge in [0.25, 0.3) is 0 Å². The first-order valence-electron chi connectivity index (χ1n) is 8.83. The van der Waals surface area contributed by atoms with E-state index >= 15 is 0 Å². The van der Waals surface area contributed by atoms with Crippen molar-refractivity contribution in [1.82, 2.24) is 14.5 Å². The zero-order valence-electron chi connectivity index (χ0n) is 14.4. The SMILES string of the molecule is O=S(=O)(NCc1ccn(-c2ccccc2)n1)c1ccc2c(c1)CCCC2. The molecule has 4 rings (SSSR count). The van der Waals surface area contributed by atoms with Gasteiger partial charge in [0.15, 0.2) is 0 Å². The number of nitrogens with one attached hydrogen (secondary N) is 1. The summed E-state index contributed by atoms with van der Waals surface area (Å²) >= 11 is 0. The maximum Gasteiger partial charge on any atom is 0.240 e. The van der Waals surface area contributed by atoms with Crippen molar-refractivity contribution >= 4 is 10.0 Å². The summed E-state index contributed by atoms with van der Waals surface area (Å²) in [6.45, 7) is 0.166. The van der Waals surface area contributed by atoms with E-state index in [4.69, 9.17) is 0 Å². The molecule has 6 heteroatoms. The Kier molecular flexibility index (Phi) is 4.61. The first-order chi connectivity index (χ1) is 12.6. The molecule has 134 valence electrons. The molecular weight excluding hydrogens is 346 g/mol. The normalized spacial score (nSPS) is 14.2. The molecule has 1 aromatic heterocycles. The number of nitrogens with zero attached hydrogens (tertiary/aromatic N) is 2. The predicted molar refractivity (Wildman–Crippen MR) is 101 cm³/mol. The van der Waals surface area contributed by atoms with Crippen molar-refractivity contribution in [2.45, 2.75) is 37.1 Å². The molecular formula is C20H21N3O2S. The Morgan fingerprint density at radius 3 is 2.54 bits per heavy atom. The summed E-state index contributed by atoms with van der Waals surface area (Å²) < 4.78 is 29.6. The van der Waals surface area contributed by atoms with Crippen molar-refractivity contribution in [3.8, 4) is 5.69 Å². The summed E-state index contributed by atoms with van der Waals surface area (Å²) in [4.78, 5) is 0.334. The lowest BCUT2D eigenvalue weighted by atomic mass is 9.92. The van der Waals surface area contributed by atoms with Crippen molar-refractivity contribution in [2.24, 2.45) is 0 Å². The van der Waals surface area contributed by atoms with Crippen LogP contribution in [0, 0.1) is 0 Å². The van der Waals surface area contributed by atoms with Crippen LogP contribution in [-0.2, 0) is 29.4 Å². The van der Waals surface area contributed by atoms with Gasteiger partial charge in [-0.15, -0.1) is 0 Å². The van der Waals surface area contributed by atoms with E-state index in [-0.39, 0.29) is 6.54 Å². The van der Waals surface area contributed by atoms with Crippen LogP contribution in [-0.4, -0.2) is 18.2 Å². The molecule has 0 bridgehead atoms. The number of aryl methyl sites for hydroxylation is 2. The zero-order chi connectivity index (χ0) is 18.0. The number of aromatic nitrogens is 2. The number of hydrogen-bond donors (Lipinski definition) is 1. The van der Waals surface area contributed by atoms with E-state index in [0.717, 1.165) is 30.5 Å². The van der Waals surface area contributed by atoms with Gasteiger partial charge in [-0.2, -0.15) is 5.10 Å². The minimum absolute atomic E-state index is 0.166. The Hall–Kier alpha value is -2.44. The molecule has 26 heavy (non-hydrogen) atoms. The highest BCUT2D eigenvalue weighted by atomic mass is 32.2. The number of sulfonamides is 1. The average Bonchev–Trinajstić information content (AvgIpc) is 3.16. The largest absolute Gasteiger partial charge is 0.241 e. The summed E-state index contributed by atoms with van der Waals surface area (Å²) in [5, 5.41) is 4.44. The second-order valence-corrected chi connectivity index (χ2v) is 8.32. The highest BCUT2D eigenvalue weighted by Crippen LogP contribution is 2.24. The van der Waals surface area contributed by atoms with Crippen LogP contribution in [0.1, 0.15) is 29.7 Å². The molecule has 0 atom stereocenters. The summed E-state index contributed by atoms with van der Waals surface area (Å²) in [5.41, 5.74) is 4.05. The first-order valence-corrected chi connectivity index (χ1v) is 10.3. The molecule has 1 N–H and O–H groups in total. The lowest BCUT2D eigenvalue weighted by Gasteiger charge is -2.16. The number of benzene rings is 2. The molecule has 0 spiro atoms. The molecule has 0 unspecified atom stereocenters. The van der Waals surface area contributed by atoms with Gasteiger partial charge >= 0.3 is 0 Å². The van der Waals surface area contributed by atoms with Crippen LogP contribution in [0.15, 0.2) is 65.7 Å². The van der Waals surface area contributed by atoms with Crippen LogP contribution in [0.25, 0.3) is 5.69 Å². The van der Waals surface area contributed by atoms with E-state index in [1.54, 1.807) is 10.7 Å². The summed E-state index contributed by atoms with van der Waals surface area (Å²) in [6.07, 6.45) is 6.14. The fraction of sp³-hybridized carbons (Fsp3) is 0.250. The van der Waals surface area contributed by atoms with Crippen molar-refractivity contribution in [2.75, 3.05) is 0 Å². The third kappa shape index (κ3) is 3.57. The van der Waals surface area contributed by atoms with Gasteiger partial charge in [0.2, 0.25) is 10.0 Å². The molecule has 1 heterocycles. The van der Waals surface area contributed by atoms with E-state index in [9.17, 15) is 8.42 Å². The van der Waals surface area contributed by atoms with E-state index < -0.39 is 10.0 Å². The van der Waals surface area contributed by atoms with E-state index in [1.807, 2.05) is 54.7 Å². The quantitative estimate of drug-likeness (QED) is 0.753. The van der Waals surface area contributed by atoms with Crippen LogP contribution in [0.3, 0.4) is 0 Å². The summed E-state index contributed by atoms with van der Waals surface area (Å²) in [5.74, 6) is 0. The third-order valence-corrected chi connectivity index (χ3v) is 6.14. The van der Waals surface area contributed by atoms with Crippen LogP contribution < -0.4 is 4.72 Å². The monoisotopic (exact) mass is 367 g/mol. The Morgan fingerprint density at radius 2 is 1.73 bits per heavy atom. The average molecular weight is 367 g/mol. The molecule has 0 saturated carbocycles. The van der Waals surface area contributed by atoms with E-state index in [1.165, 1.54) is 12.0 Å². The molecule has 0 amide bonds. The maximum absolute atomic E-state index is 12.6. The van der Waals surface area contributed by atoms with Gasteiger partial charge in [-0.05, 0) is 67.1 Å². The van der Waals surface area contributed by atoms with Crippen molar-refractivity contribution in [3.05, 3.63) is 77.6 Å².